The Morgan fingerprint density at radius 3 is 2.55 bits per heavy atom. The molecule has 2 heteroatoms. The van der Waals surface area contributed by atoms with Gasteiger partial charge in [0.15, 0.2) is 0 Å². The van der Waals surface area contributed by atoms with Crippen LogP contribution in [-0.2, 0) is 11.3 Å². The molecular weight excluding hydrogens is 246 g/mol. The first kappa shape index (κ1) is 13.6. The molecule has 2 aromatic carbocycles. The second-order valence-electron chi connectivity index (χ2n) is 6.05. The molecule has 1 saturated carbocycles. The predicted octanol–water partition coefficient (Wildman–Crippen LogP) is 4.02. The van der Waals surface area contributed by atoms with Crippen molar-refractivity contribution in [3.8, 4) is 0 Å². The zero-order chi connectivity index (χ0) is 13.8. The van der Waals surface area contributed by atoms with Crippen molar-refractivity contribution in [3.63, 3.8) is 0 Å². The lowest BCUT2D eigenvalue weighted by Gasteiger charge is -2.33. The van der Waals surface area contributed by atoms with Crippen LogP contribution in [0.4, 0.5) is 0 Å². The highest BCUT2D eigenvalue weighted by molar-refractivity contribution is 5.85. The summed E-state index contributed by atoms with van der Waals surface area (Å²) in [6.45, 7) is 1.33. The Kier molecular flexibility index (Phi) is 4.04. The second kappa shape index (κ2) is 5.94. The highest BCUT2D eigenvalue weighted by Crippen LogP contribution is 2.27. The highest BCUT2D eigenvalue weighted by Gasteiger charge is 2.27. The van der Waals surface area contributed by atoms with E-state index in [0.717, 1.165) is 12.8 Å². The summed E-state index contributed by atoms with van der Waals surface area (Å²) in [6, 6.07) is 14.8. The van der Waals surface area contributed by atoms with Crippen molar-refractivity contribution in [2.45, 2.75) is 44.2 Å². The largest absolute Gasteiger partial charge is 0.375 e. The molecule has 1 fully saturated rings. The Morgan fingerprint density at radius 1 is 0.950 bits per heavy atom. The highest BCUT2D eigenvalue weighted by atomic mass is 16.5. The van der Waals surface area contributed by atoms with E-state index in [1.165, 1.54) is 35.6 Å². The maximum Gasteiger partial charge on any atom is 0.0723 e. The van der Waals surface area contributed by atoms with E-state index in [2.05, 4.69) is 42.5 Å². The average Bonchev–Trinajstić information content (AvgIpc) is 2.48. The summed E-state index contributed by atoms with van der Waals surface area (Å²) < 4.78 is 5.95. The van der Waals surface area contributed by atoms with E-state index in [4.69, 9.17) is 10.5 Å². The SMILES string of the molecule is NC1(COCc2cccc3ccccc23)CCCCC1. The topological polar surface area (TPSA) is 35.2 Å². The Balaban J connectivity index is 1.65. The molecule has 1 aliphatic carbocycles. The molecule has 0 heterocycles. The van der Waals surface area contributed by atoms with E-state index in [1.807, 2.05) is 0 Å². The number of nitrogens with two attached hydrogens (primary N) is 1. The van der Waals surface area contributed by atoms with Crippen molar-refractivity contribution in [1.29, 1.82) is 0 Å². The third-order valence-electron chi connectivity index (χ3n) is 4.38. The van der Waals surface area contributed by atoms with Gasteiger partial charge in [0.25, 0.3) is 0 Å². The first-order valence-corrected chi connectivity index (χ1v) is 7.60. The molecule has 2 N–H and O–H groups in total. The molecule has 0 spiro atoms. The monoisotopic (exact) mass is 269 g/mol. The van der Waals surface area contributed by atoms with Gasteiger partial charge in [-0.1, -0.05) is 61.7 Å². The third-order valence-corrected chi connectivity index (χ3v) is 4.38. The number of ether oxygens (including phenoxy) is 1. The number of fused-ring (bicyclic) bond motifs is 1. The molecule has 20 heavy (non-hydrogen) atoms. The van der Waals surface area contributed by atoms with Crippen LogP contribution in [0.15, 0.2) is 42.5 Å². The van der Waals surface area contributed by atoms with Crippen LogP contribution in [0.5, 0.6) is 0 Å². The molecular formula is C18H23NO. The van der Waals surface area contributed by atoms with Crippen LogP contribution >= 0.6 is 0 Å². The lowest BCUT2D eigenvalue weighted by atomic mass is 9.83. The van der Waals surface area contributed by atoms with Gasteiger partial charge in [0.2, 0.25) is 0 Å². The predicted molar refractivity (Wildman–Crippen MR) is 83.6 cm³/mol. The first-order valence-electron chi connectivity index (χ1n) is 7.60. The van der Waals surface area contributed by atoms with Crippen LogP contribution in [0.2, 0.25) is 0 Å². The van der Waals surface area contributed by atoms with Gasteiger partial charge in [0.1, 0.15) is 0 Å². The minimum atomic E-state index is -0.0944. The van der Waals surface area contributed by atoms with Gasteiger partial charge in [-0.15, -0.1) is 0 Å². The molecule has 0 saturated heterocycles. The van der Waals surface area contributed by atoms with Crippen molar-refractivity contribution in [1.82, 2.24) is 0 Å². The Morgan fingerprint density at radius 2 is 1.70 bits per heavy atom. The third kappa shape index (κ3) is 3.02. The van der Waals surface area contributed by atoms with Crippen molar-refractivity contribution in [3.05, 3.63) is 48.0 Å². The number of benzene rings is 2. The minimum absolute atomic E-state index is 0.0944. The van der Waals surface area contributed by atoms with Crippen LogP contribution in [0.1, 0.15) is 37.7 Å². The molecule has 1 aliphatic rings. The van der Waals surface area contributed by atoms with Gasteiger partial charge in [-0.2, -0.15) is 0 Å². The zero-order valence-corrected chi connectivity index (χ0v) is 12.0. The molecule has 0 aromatic heterocycles. The first-order chi connectivity index (χ1) is 9.77. The van der Waals surface area contributed by atoms with Gasteiger partial charge < -0.3 is 10.5 Å². The van der Waals surface area contributed by atoms with Crippen molar-refractivity contribution < 1.29 is 4.74 Å². The normalized spacial score (nSPS) is 18.2. The molecule has 3 rings (SSSR count). The second-order valence-corrected chi connectivity index (χ2v) is 6.05. The molecule has 2 aromatic rings. The average molecular weight is 269 g/mol. The fourth-order valence-electron chi connectivity index (χ4n) is 3.18. The van der Waals surface area contributed by atoms with E-state index < -0.39 is 0 Å². The van der Waals surface area contributed by atoms with E-state index in [9.17, 15) is 0 Å². The van der Waals surface area contributed by atoms with Gasteiger partial charge in [-0.05, 0) is 29.2 Å². The molecule has 106 valence electrons. The van der Waals surface area contributed by atoms with E-state index >= 15 is 0 Å². The number of hydrogen-bond acceptors (Lipinski definition) is 2. The van der Waals surface area contributed by atoms with Crippen molar-refractivity contribution in [2.75, 3.05) is 6.61 Å². The van der Waals surface area contributed by atoms with Gasteiger partial charge >= 0.3 is 0 Å². The summed E-state index contributed by atoms with van der Waals surface area (Å²) in [4.78, 5) is 0. The lowest BCUT2D eigenvalue weighted by molar-refractivity contribution is 0.0580. The quantitative estimate of drug-likeness (QED) is 0.910. The fourth-order valence-corrected chi connectivity index (χ4v) is 3.18. The van der Waals surface area contributed by atoms with Crippen LogP contribution in [0.25, 0.3) is 10.8 Å². The Hall–Kier alpha value is -1.38. The van der Waals surface area contributed by atoms with Gasteiger partial charge in [0.05, 0.1) is 13.2 Å². The van der Waals surface area contributed by atoms with Gasteiger partial charge in [-0.3, -0.25) is 0 Å². The van der Waals surface area contributed by atoms with Crippen LogP contribution in [-0.4, -0.2) is 12.1 Å². The van der Waals surface area contributed by atoms with Gasteiger partial charge in [-0.25, -0.2) is 0 Å². The maximum absolute atomic E-state index is 6.41. The molecule has 0 unspecified atom stereocenters. The minimum Gasteiger partial charge on any atom is -0.375 e. The van der Waals surface area contributed by atoms with E-state index in [1.54, 1.807) is 0 Å². The Labute approximate surface area is 120 Å². The summed E-state index contributed by atoms with van der Waals surface area (Å²) in [5, 5.41) is 2.55. The van der Waals surface area contributed by atoms with Crippen LogP contribution < -0.4 is 5.73 Å². The molecule has 0 bridgehead atoms. The molecule has 2 nitrogen and oxygen atoms in total. The number of rotatable bonds is 4. The van der Waals surface area contributed by atoms with Crippen molar-refractivity contribution >= 4 is 10.8 Å². The van der Waals surface area contributed by atoms with Crippen molar-refractivity contribution in [2.24, 2.45) is 5.73 Å². The summed E-state index contributed by atoms with van der Waals surface area (Å²) >= 11 is 0. The summed E-state index contributed by atoms with van der Waals surface area (Å²) in [5.74, 6) is 0. The van der Waals surface area contributed by atoms with Crippen LogP contribution in [0.3, 0.4) is 0 Å². The molecule has 0 radical (unpaired) electrons. The smallest absolute Gasteiger partial charge is 0.0723 e. The summed E-state index contributed by atoms with van der Waals surface area (Å²) in [7, 11) is 0. The van der Waals surface area contributed by atoms with E-state index in [0.29, 0.717) is 13.2 Å². The van der Waals surface area contributed by atoms with Gasteiger partial charge in [0, 0.05) is 5.54 Å². The lowest BCUT2D eigenvalue weighted by Crippen LogP contribution is -2.46. The number of hydrogen-bond donors (Lipinski definition) is 1. The maximum atomic E-state index is 6.41. The van der Waals surface area contributed by atoms with Crippen LogP contribution in [0, 0.1) is 0 Å². The molecule has 0 aliphatic heterocycles. The standard InChI is InChI=1S/C18H23NO/c19-18(11-4-1-5-12-18)14-20-13-16-9-6-8-15-7-2-3-10-17(15)16/h2-3,6-10H,1,4-5,11-14,19H2. The summed E-state index contributed by atoms with van der Waals surface area (Å²) in [6.07, 6.45) is 6.01. The Bertz CT molecular complexity index is 567. The summed E-state index contributed by atoms with van der Waals surface area (Å²) in [5.41, 5.74) is 7.57. The fraction of sp³-hybridized carbons (Fsp3) is 0.444. The molecule has 0 amide bonds. The molecule has 0 atom stereocenters. The van der Waals surface area contributed by atoms with E-state index in [-0.39, 0.29) is 5.54 Å². The zero-order valence-electron chi connectivity index (χ0n) is 12.0.